The Balaban J connectivity index is 1.89. The van der Waals surface area contributed by atoms with Gasteiger partial charge in [0.15, 0.2) is 0 Å². The van der Waals surface area contributed by atoms with Gasteiger partial charge in [-0.3, -0.25) is 0 Å². The van der Waals surface area contributed by atoms with Crippen LogP contribution in [0.1, 0.15) is 69.5 Å². The number of benzene rings is 1. The number of ether oxygens (including phenoxy) is 1. The molecule has 1 heteroatoms. The lowest BCUT2D eigenvalue weighted by molar-refractivity contribution is 0.0415. The lowest BCUT2D eigenvalue weighted by Crippen LogP contribution is -2.06. The van der Waals surface area contributed by atoms with Crippen LogP contribution in [0.5, 0.6) is 0 Å². The van der Waals surface area contributed by atoms with E-state index in [1.807, 2.05) is 0 Å². The first-order chi connectivity index (χ1) is 8.97. The van der Waals surface area contributed by atoms with Gasteiger partial charge in [0.05, 0.1) is 6.10 Å². The summed E-state index contributed by atoms with van der Waals surface area (Å²) in [5, 5.41) is 0. The van der Waals surface area contributed by atoms with Gasteiger partial charge in [-0.05, 0) is 18.4 Å². The highest BCUT2D eigenvalue weighted by atomic mass is 16.5. The van der Waals surface area contributed by atoms with Gasteiger partial charge < -0.3 is 4.74 Å². The predicted octanol–water partition coefficient (Wildman–Crippen LogP) is 5.27. The summed E-state index contributed by atoms with van der Waals surface area (Å²) >= 11 is 0. The molecule has 100 valence electrons. The van der Waals surface area contributed by atoms with Crippen LogP contribution < -0.4 is 0 Å². The van der Waals surface area contributed by atoms with Crippen LogP contribution in [0.2, 0.25) is 0 Å². The average molecular weight is 246 g/mol. The van der Waals surface area contributed by atoms with E-state index < -0.39 is 0 Å². The van der Waals surface area contributed by atoms with Gasteiger partial charge in [0.1, 0.15) is 0 Å². The van der Waals surface area contributed by atoms with Crippen LogP contribution in [0, 0.1) is 0 Å². The van der Waals surface area contributed by atoms with Gasteiger partial charge in [0, 0.05) is 6.61 Å². The molecule has 1 heterocycles. The van der Waals surface area contributed by atoms with Crippen molar-refractivity contribution >= 4 is 0 Å². The first kappa shape index (κ1) is 13.6. The Kier molecular flexibility index (Phi) is 6.28. The zero-order valence-corrected chi connectivity index (χ0v) is 11.4. The standard InChI is InChI=1S/C17H26O/c1-2-4-6-11-15-18-17(14-10-5-3-1)16-12-8-7-9-13-16/h7-9,12-13,17H,1-6,10-11,14-15H2. The summed E-state index contributed by atoms with van der Waals surface area (Å²) in [6.07, 6.45) is 12.4. The molecule has 0 spiro atoms. The first-order valence-corrected chi connectivity index (χ1v) is 7.63. The molecule has 1 fully saturated rings. The Labute approximate surface area is 112 Å². The third-order valence-electron chi connectivity index (χ3n) is 3.85. The molecule has 0 aliphatic carbocycles. The highest BCUT2D eigenvalue weighted by Gasteiger charge is 2.11. The summed E-state index contributed by atoms with van der Waals surface area (Å²) in [5.41, 5.74) is 1.36. The van der Waals surface area contributed by atoms with E-state index in [-0.39, 0.29) is 0 Å². The van der Waals surface area contributed by atoms with Crippen molar-refractivity contribution < 1.29 is 4.74 Å². The second kappa shape index (κ2) is 8.31. The normalized spacial score (nSPS) is 23.9. The van der Waals surface area contributed by atoms with Crippen molar-refractivity contribution in [2.45, 2.75) is 63.9 Å². The van der Waals surface area contributed by atoms with Gasteiger partial charge in [-0.2, -0.15) is 0 Å². The number of hydrogen-bond acceptors (Lipinski definition) is 1. The summed E-state index contributed by atoms with van der Waals surface area (Å²) in [4.78, 5) is 0. The minimum atomic E-state index is 0.325. The van der Waals surface area contributed by atoms with Crippen molar-refractivity contribution in [1.82, 2.24) is 0 Å². The quantitative estimate of drug-likeness (QED) is 0.656. The second-order valence-electron chi connectivity index (χ2n) is 5.39. The van der Waals surface area contributed by atoms with Gasteiger partial charge in [0.25, 0.3) is 0 Å². The molecule has 1 unspecified atom stereocenters. The summed E-state index contributed by atoms with van der Waals surface area (Å²) < 4.78 is 6.10. The van der Waals surface area contributed by atoms with Crippen LogP contribution in [-0.4, -0.2) is 6.61 Å². The topological polar surface area (TPSA) is 9.23 Å². The molecule has 2 rings (SSSR count). The maximum Gasteiger partial charge on any atom is 0.0824 e. The molecule has 1 nitrogen and oxygen atoms in total. The number of hydrogen-bond donors (Lipinski definition) is 0. The molecular weight excluding hydrogens is 220 g/mol. The van der Waals surface area contributed by atoms with E-state index in [0.29, 0.717) is 6.10 Å². The van der Waals surface area contributed by atoms with Crippen molar-refractivity contribution in [3.8, 4) is 0 Å². The molecule has 1 aliphatic rings. The fraction of sp³-hybridized carbons (Fsp3) is 0.647. The molecule has 1 saturated heterocycles. The minimum Gasteiger partial charge on any atom is -0.374 e. The van der Waals surface area contributed by atoms with Crippen molar-refractivity contribution in [2.24, 2.45) is 0 Å². The fourth-order valence-corrected chi connectivity index (χ4v) is 2.73. The largest absolute Gasteiger partial charge is 0.374 e. The van der Waals surface area contributed by atoms with Crippen LogP contribution in [0.15, 0.2) is 30.3 Å². The van der Waals surface area contributed by atoms with E-state index in [4.69, 9.17) is 4.74 Å². The second-order valence-corrected chi connectivity index (χ2v) is 5.39. The molecule has 0 aromatic heterocycles. The van der Waals surface area contributed by atoms with E-state index in [1.54, 1.807) is 0 Å². The molecule has 1 aliphatic heterocycles. The Morgan fingerprint density at radius 1 is 0.722 bits per heavy atom. The Morgan fingerprint density at radius 2 is 1.33 bits per heavy atom. The van der Waals surface area contributed by atoms with E-state index in [0.717, 1.165) is 6.61 Å². The van der Waals surface area contributed by atoms with Crippen molar-refractivity contribution in [1.29, 1.82) is 0 Å². The van der Waals surface area contributed by atoms with E-state index in [9.17, 15) is 0 Å². The SMILES string of the molecule is c1ccc(C2CCCCCCCCCCO2)cc1. The lowest BCUT2D eigenvalue weighted by Gasteiger charge is -2.19. The molecular formula is C17H26O. The molecule has 18 heavy (non-hydrogen) atoms. The third kappa shape index (κ3) is 4.81. The van der Waals surface area contributed by atoms with Crippen molar-refractivity contribution in [2.75, 3.05) is 6.61 Å². The zero-order chi connectivity index (χ0) is 12.5. The molecule has 0 amide bonds. The maximum atomic E-state index is 6.10. The summed E-state index contributed by atoms with van der Waals surface area (Å²) in [7, 11) is 0. The van der Waals surface area contributed by atoms with E-state index >= 15 is 0 Å². The molecule has 1 aromatic carbocycles. The molecule has 0 N–H and O–H groups in total. The molecule has 1 atom stereocenters. The van der Waals surface area contributed by atoms with Crippen molar-refractivity contribution in [3.05, 3.63) is 35.9 Å². The lowest BCUT2D eigenvalue weighted by atomic mass is 10.0. The van der Waals surface area contributed by atoms with Crippen LogP contribution >= 0.6 is 0 Å². The molecule has 0 bridgehead atoms. The van der Waals surface area contributed by atoms with Gasteiger partial charge in [-0.15, -0.1) is 0 Å². The maximum absolute atomic E-state index is 6.10. The highest BCUT2D eigenvalue weighted by Crippen LogP contribution is 2.25. The Hall–Kier alpha value is -0.820. The monoisotopic (exact) mass is 246 g/mol. The summed E-state index contributed by atoms with van der Waals surface area (Å²) in [5.74, 6) is 0. The fourth-order valence-electron chi connectivity index (χ4n) is 2.73. The number of rotatable bonds is 1. The van der Waals surface area contributed by atoms with E-state index in [2.05, 4.69) is 30.3 Å². The average Bonchev–Trinajstić information content (AvgIpc) is 2.40. The molecule has 1 aromatic rings. The predicted molar refractivity (Wildman–Crippen MR) is 76.7 cm³/mol. The smallest absolute Gasteiger partial charge is 0.0824 e. The zero-order valence-electron chi connectivity index (χ0n) is 11.4. The third-order valence-corrected chi connectivity index (χ3v) is 3.85. The van der Waals surface area contributed by atoms with E-state index in [1.165, 1.54) is 63.4 Å². The summed E-state index contributed by atoms with van der Waals surface area (Å²) in [6, 6.07) is 10.7. The minimum absolute atomic E-state index is 0.325. The highest BCUT2D eigenvalue weighted by molar-refractivity contribution is 5.17. The Bertz CT molecular complexity index is 295. The van der Waals surface area contributed by atoms with Gasteiger partial charge in [-0.25, -0.2) is 0 Å². The van der Waals surface area contributed by atoms with Gasteiger partial charge >= 0.3 is 0 Å². The van der Waals surface area contributed by atoms with Crippen LogP contribution in [0.25, 0.3) is 0 Å². The molecule has 0 radical (unpaired) electrons. The van der Waals surface area contributed by atoms with Crippen LogP contribution in [0.4, 0.5) is 0 Å². The van der Waals surface area contributed by atoms with Crippen LogP contribution in [0.3, 0.4) is 0 Å². The Morgan fingerprint density at radius 3 is 2.06 bits per heavy atom. The van der Waals surface area contributed by atoms with Crippen LogP contribution in [-0.2, 0) is 4.74 Å². The van der Waals surface area contributed by atoms with Gasteiger partial charge in [-0.1, -0.05) is 75.3 Å². The van der Waals surface area contributed by atoms with Crippen molar-refractivity contribution in [3.63, 3.8) is 0 Å². The summed E-state index contributed by atoms with van der Waals surface area (Å²) in [6.45, 7) is 0.930. The molecule has 0 saturated carbocycles. The van der Waals surface area contributed by atoms with Gasteiger partial charge in [0.2, 0.25) is 0 Å². The first-order valence-electron chi connectivity index (χ1n) is 7.63.